The Balaban J connectivity index is 2.24. The molecule has 2 unspecified atom stereocenters. The van der Waals surface area contributed by atoms with Crippen molar-refractivity contribution in [3.8, 4) is 0 Å². The van der Waals surface area contributed by atoms with Crippen LogP contribution in [0.25, 0.3) is 0 Å². The van der Waals surface area contributed by atoms with Crippen LogP contribution < -0.4 is 0 Å². The van der Waals surface area contributed by atoms with Gasteiger partial charge in [0.2, 0.25) is 0 Å². The summed E-state index contributed by atoms with van der Waals surface area (Å²) < 4.78 is 5.55. The first-order valence-corrected chi connectivity index (χ1v) is 5.41. The maximum atomic E-state index is 5.55. The lowest BCUT2D eigenvalue weighted by Gasteiger charge is -2.25. The van der Waals surface area contributed by atoms with Crippen LogP contribution in [-0.2, 0) is 4.74 Å². The summed E-state index contributed by atoms with van der Waals surface area (Å²) in [5.74, 6) is 0. The van der Waals surface area contributed by atoms with Gasteiger partial charge in [0.15, 0.2) is 0 Å². The minimum absolute atomic E-state index is 0.183. The van der Waals surface area contributed by atoms with Crippen molar-refractivity contribution in [2.75, 3.05) is 13.1 Å². The zero-order valence-electron chi connectivity index (χ0n) is 9.63. The molecule has 1 aliphatic rings. The minimum atomic E-state index is 0.183. The molecule has 0 spiro atoms. The van der Waals surface area contributed by atoms with Gasteiger partial charge in [-0.2, -0.15) is 0 Å². The average Bonchev–Trinajstić information content (AvgIpc) is 2.60. The molecule has 0 aromatic carbocycles. The third-order valence-electron chi connectivity index (χ3n) is 3.28. The van der Waals surface area contributed by atoms with Gasteiger partial charge in [0.05, 0.1) is 11.7 Å². The summed E-state index contributed by atoms with van der Waals surface area (Å²) >= 11 is 0. The Morgan fingerprint density at radius 2 is 2.00 bits per heavy atom. The van der Waals surface area contributed by atoms with Gasteiger partial charge in [-0.15, -0.1) is 0 Å². The van der Waals surface area contributed by atoms with Crippen molar-refractivity contribution in [1.29, 1.82) is 0 Å². The summed E-state index contributed by atoms with van der Waals surface area (Å²) in [5.41, 5.74) is 0.183. The van der Waals surface area contributed by atoms with Gasteiger partial charge in [0, 0.05) is 12.6 Å². The second-order valence-corrected chi connectivity index (χ2v) is 4.55. The molecule has 1 rings (SSSR count). The van der Waals surface area contributed by atoms with Crippen LogP contribution in [0, 0.1) is 0 Å². The summed E-state index contributed by atoms with van der Waals surface area (Å²) in [4.78, 5) is 2.49. The Bertz CT molecular complexity index is 169. The molecular formula is C11H23NO. The molecule has 78 valence electrons. The maximum absolute atomic E-state index is 5.55. The van der Waals surface area contributed by atoms with Gasteiger partial charge in [0.1, 0.15) is 0 Å². The van der Waals surface area contributed by atoms with E-state index in [1.807, 2.05) is 0 Å². The first-order chi connectivity index (χ1) is 5.99. The predicted octanol–water partition coefficient (Wildman–Crippen LogP) is 2.28. The quantitative estimate of drug-likeness (QED) is 0.611. The molecule has 0 aliphatic carbocycles. The van der Waals surface area contributed by atoms with Gasteiger partial charge in [0.25, 0.3) is 0 Å². The number of epoxide rings is 1. The van der Waals surface area contributed by atoms with E-state index in [4.69, 9.17) is 4.74 Å². The molecule has 1 fully saturated rings. The smallest absolute Gasteiger partial charge is 0.0929 e. The molecule has 0 aromatic rings. The molecule has 0 saturated carbocycles. The van der Waals surface area contributed by atoms with Gasteiger partial charge in [-0.05, 0) is 40.7 Å². The normalized spacial score (nSPS) is 33.0. The minimum Gasteiger partial charge on any atom is -0.367 e. The third-order valence-corrected chi connectivity index (χ3v) is 3.28. The van der Waals surface area contributed by atoms with Gasteiger partial charge in [-0.25, -0.2) is 0 Å². The molecule has 1 aliphatic heterocycles. The maximum Gasteiger partial charge on any atom is 0.0929 e. The molecule has 2 atom stereocenters. The largest absolute Gasteiger partial charge is 0.367 e. The van der Waals surface area contributed by atoms with Crippen LogP contribution >= 0.6 is 0 Å². The van der Waals surface area contributed by atoms with Crippen LogP contribution in [0.1, 0.15) is 41.0 Å². The average molecular weight is 185 g/mol. The lowest BCUT2D eigenvalue weighted by Crippen LogP contribution is -2.33. The number of hydrogen-bond donors (Lipinski definition) is 0. The van der Waals surface area contributed by atoms with Crippen molar-refractivity contribution < 1.29 is 4.74 Å². The molecule has 1 saturated heterocycles. The van der Waals surface area contributed by atoms with Crippen LogP contribution in [-0.4, -0.2) is 35.7 Å². The highest BCUT2D eigenvalue weighted by Crippen LogP contribution is 2.38. The number of ether oxygens (including phenoxy) is 1. The van der Waals surface area contributed by atoms with Crippen molar-refractivity contribution in [3.63, 3.8) is 0 Å². The SMILES string of the molecule is CCN(CCC1(C)OC1C)C(C)C. The first kappa shape index (κ1) is 11.0. The van der Waals surface area contributed by atoms with E-state index in [1.165, 1.54) is 6.42 Å². The number of nitrogens with zero attached hydrogens (tertiary/aromatic N) is 1. The second kappa shape index (κ2) is 3.97. The Morgan fingerprint density at radius 3 is 2.31 bits per heavy atom. The molecule has 0 amide bonds. The molecule has 0 aromatic heterocycles. The molecule has 0 radical (unpaired) electrons. The molecule has 2 heteroatoms. The highest BCUT2D eigenvalue weighted by Gasteiger charge is 2.48. The third kappa shape index (κ3) is 2.68. The van der Waals surface area contributed by atoms with Crippen LogP contribution in [0.15, 0.2) is 0 Å². The van der Waals surface area contributed by atoms with E-state index in [-0.39, 0.29) is 5.60 Å². The van der Waals surface area contributed by atoms with E-state index in [0.717, 1.165) is 13.1 Å². The fourth-order valence-corrected chi connectivity index (χ4v) is 1.78. The second-order valence-electron chi connectivity index (χ2n) is 4.55. The van der Waals surface area contributed by atoms with Gasteiger partial charge in [-0.3, -0.25) is 0 Å². The van der Waals surface area contributed by atoms with Crippen LogP contribution in [0.5, 0.6) is 0 Å². The van der Waals surface area contributed by atoms with E-state index in [0.29, 0.717) is 12.1 Å². The Morgan fingerprint density at radius 1 is 1.46 bits per heavy atom. The number of hydrogen-bond acceptors (Lipinski definition) is 2. The van der Waals surface area contributed by atoms with E-state index in [1.54, 1.807) is 0 Å². The standard InChI is InChI=1S/C11H23NO/c1-6-12(9(2)3)8-7-11(5)10(4)13-11/h9-10H,6-8H2,1-5H3. The van der Waals surface area contributed by atoms with Crippen LogP contribution in [0.4, 0.5) is 0 Å². The predicted molar refractivity (Wildman–Crippen MR) is 56.0 cm³/mol. The molecule has 0 bridgehead atoms. The van der Waals surface area contributed by atoms with Crippen molar-refractivity contribution in [2.24, 2.45) is 0 Å². The van der Waals surface area contributed by atoms with Gasteiger partial charge in [-0.1, -0.05) is 6.92 Å². The molecule has 0 N–H and O–H groups in total. The first-order valence-electron chi connectivity index (χ1n) is 5.41. The molecular weight excluding hydrogens is 162 g/mol. The van der Waals surface area contributed by atoms with E-state index >= 15 is 0 Å². The molecule has 1 heterocycles. The summed E-state index contributed by atoms with van der Waals surface area (Å²) in [6.45, 7) is 13.4. The summed E-state index contributed by atoms with van der Waals surface area (Å²) in [6, 6.07) is 0.655. The van der Waals surface area contributed by atoms with Crippen molar-refractivity contribution >= 4 is 0 Å². The van der Waals surface area contributed by atoms with E-state index in [9.17, 15) is 0 Å². The highest BCUT2D eigenvalue weighted by atomic mass is 16.6. The van der Waals surface area contributed by atoms with Crippen molar-refractivity contribution in [3.05, 3.63) is 0 Å². The Hall–Kier alpha value is -0.0800. The fourth-order valence-electron chi connectivity index (χ4n) is 1.78. The molecule has 13 heavy (non-hydrogen) atoms. The van der Waals surface area contributed by atoms with E-state index in [2.05, 4.69) is 39.5 Å². The highest BCUT2D eigenvalue weighted by molar-refractivity contribution is 4.96. The van der Waals surface area contributed by atoms with Crippen molar-refractivity contribution in [2.45, 2.75) is 58.8 Å². The van der Waals surface area contributed by atoms with E-state index < -0.39 is 0 Å². The zero-order valence-corrected chi connectivity index (χ0v) is 9.63. The summed E-state index contributed by atoms with van der Waals surface area (Å²) in [6.07, 6.45) is 1.64. The zero-order chi connectivity index (χ0) is 10.1. The summed E-state index contributed by atoms with van der Waals surface area (Å²) in [7, 11) is 0. The van der Waals surface area contributed by atoms with Crippen LogP contribution in [0.3, 0.4) is 0 Å². The summed E-state index contributed by atoms with van der Waals surface area (Å²) in [5, 5.41) is 0. The lowest BCUT2D eigenvalue weighted by atomic mass is 10.0. The van der Waals surface area contributed by atoms with Crippen molar-refractivity contribution in [1.82, 2.24) is 4.90 Å². The van der Waals surface area contributed by atoms with Gasteiger partial charge >= 0.3 is 0 Å². The number of rotatable bonds is 5. The van der Waals surface area contributed by atoms with Crippen LogP contribution in [0.2, 0.25) is 0 Å². The Kier molecular flexibility index (Phi) is 3.36. The lowest BCUT2D eigenvalue weighted by molar-refractivity contribution is 0.200. The molecule has 2 nitrogen and oxygen atoms in total. The fraction of sp³-hybridized carbons (Fsp3) is 1.00. The topological polar surface area (TPSA) is 15.8 Å². The monoisotopic (exact) mass is 185 g/mol. The van der Waals surface area contributed by atoms with Gasteiger partial charge < -0.3 is 9.64 Å². The Labute approximate surface area is 82.3 Å².